The molecule has 26 heavy (non-hydrogen) atoms. The zero-order chi connectivity index (χ0) is 18.7. The molecule has 0 aliphatic heterocycles. The summed E-state index contributed by atoms with van der Waals surface area (Å²) in [6.07, 6.45) is 1.25. The summed E-state index contributed by atoms with van der Waals surface area (Å²) < 4.78 is 5.68. The Morgan fingerprint density at radius 1 is 1.08 bits per heavy atom. The number of halogens is 1. The number of benzene rings is 2. The molecule has 0 unspecified atom stereocenters. The number of aryl methyl sites for hydroxylation is 2. The molecule has 3 rings (SSSR count). The Morgan fingerprint density at radius 3 is 2.46 bits per heavy atom. The number of aromatic nitrogens is 2. The summed E-state index contributed by atoms with van der Waals surface area (Å²) in [6.45, 7) is 3.92. The monoisotopic (exact) mass is 387 g/mol. The SMILES string of the molecule is Cc1ccc(Oc2ncnc(Sc3ccc(Cl)cc3)c2[N+](=O)[O-])cc1C. The molecule has 0 radical (unpaired) electrons. The Labute approximate surface area is 159 Å². The van der Waals surface area contributed by atoms with Crippen LogP contribution in [-0.2, 0) is 0 Å². The van der Waals surface area contributed by atoms with Gasteiger partial charge in [-0.15, -0.1) is 0 Å². The van der Waals surface area contributed by atoms with E-state index in [1.54, 1.807) is 30.3 Å². The molecule has 0 saturated carbocycles. The Bertz CT molecular complexity index is 964. The molecule has 132 valence electrons. The third-order valence-electron chi connectivity index (χ3n) is 3.66. The number of hydrogen-bond acceptors (Lipinski definition) is 6. The molecule has 0 bridgehead atoms. The second-order valence-corrected chi connectivity index (χ2v) is 6.99. The van der Waals surface area contributed by atoms with Crippen molar-refractivity contribution >= 4 is 29.1 Å². The summed E-state index contributed by atoms with van der Waals surface area (Å²) in [5, 5.41) is 12.4. The highest BCUT2D eigenvalue weighted by molar-refractivity contribution is 7.99. The molecular weight excluding hydrogens is 374 g/mol. The quantitative estimate of drug-likeness (QED) is 0.322. The van der Waals surface area contributed by atoms with Crippen LogP contribution in [0.25, 0.3) is 0 Å². The van der Waals surface area contributed by atoms with Gasteiger partial charge in [0, 0.05) is 9.92 Å². The lowest BCUT2D eigenvalue weighted by Crippen LogP contribution is -2.00. The number of ether oxygens (including phenoxy) is 1. The average Bonchev–Trinajstić information content (AvgIpc) is 2.60. The molecule has 0 amide bonds. The Morgan fingerprint density at radius 2 is 1.81 bits per heavy atom. The summed E-state index contributed by atoms with van der Waals surface area (Å²) in [5.41, 5.74) is 1.86. The Hall–Kier alpha value is -2.64. The van der Waals surface area contributed by atoms with Crippen molar-refractivity contribution in [3.8, 4) is 11.6 Å². The van der Waals surface area contributed by atoms with E-state index in [4.69, 9.17) is 16.3 Å². The maximum atomic E-state index is 11.6. The lowest BCUT2D eigenvalue weighted by Gasteiger charge is -2.09. The molecule has 0 atom stereocenters. The topological polar surface area (TPSA) is 78.2 Å². The highest BCUT2D eigenvalue weighted by Crippen LogP contribution is 2.39. The minimum Gasteiger partial charge on any atom is -0.434 e. The number of rotatable bonds is 5. The van der Waals surface area contributed by atoms with Crippen molar-refractivity contribution in [2.24, 2.45) is 0 Å². The summed E-state index contributed by atoms with van der Waals surface area (Å²) in [6, 6.07) is 12.4. The fraction of sp³-hybridized carbons (Fsp3) is 0.111. The molecule has 8 heteroatoms. The van der Waals surface area contributed by atoms with Crippen LogP contribution in [0.15, 0.2) is 58.7 Å². The molecule has 0 spiro atoms. The first-order chi connectivity index (χ1) is 12.4. The molecule has 0 N–H and O–H groups in total. The van der Waals surface area contributed by atoms with Crippen molar-refractivity contribution in [1.29, 1.82) is 0 Å². The molecule has 3 aromatic rings. The van der Waals surface area contributed by atoms with Gasteiger partial charge in [0.1, 0.15) is 12.1 Å². The van der Waals surface area contributed by atoms with E-state index in [9.17, 15) is 10.1 Å². The smallest absolute Gasteiger partial charge is 0.363 e. The summed E-state index contributed by atoms with van der Waals surface area (Å²) in [5.74, 6) is 0.391. The minimum atomic E-state index is -0.533. The predicted molar refractivity (Wildman–Crippen MR) is 100 cm³/mol. The first-order valence-electron chi connectivity index (χ1n) is 7.62. The van der Waals surface area contributed by atoms with Crippen LogP contribution in [0.4, 0.5) is 5.69 Å². The summed E-state index contributed by atoms with van der Waals surface area (Å²) in [7, 11) is 0. The molecular formula is C18H14ClN3O3S. The van der Waals surface area contributed by atoms with E-state index in [0.29, 0.717) is 10.8 Å². The van der Waals surface area contributed by atoms with Crippen molar-refractivity contribution in [2.45, 2.75) is 23.8 Å². The van der Waals surface area contributed by atoms with Crippen LogP contribution in [0.1, 0.15) is 11.1 Å². The lowest BCUT2D eigenvalue weighted by atomic mass is 10.1. The standard InChI is InChI=1S/C18H14ClN3O3S/c1-11-3-6-14(9-12(11)2)25-17-16(22(23)24)18(21-10-20-17)26-15-7-4-13(19)5-8-15/h3-10H,1-2H3. The van der Waals surface area contributed by atoms with Crippen LogP contribution in [0.2, 0.25) is 5.02 Å². The van der Waals surface area contributed by atoms with Gasteiger partial charge in [0.15, 0.2) is 5.03 Å². The van der Waals surface area contributed by atoms with Gasteiger partial charge in [0.25, 0.3) is 0 Å². The number of nitrogens with zero attached hydrogens (tertiary/aromatic N) is 3. The van der Waals surface area contributed by atoms with Crippen molar-refractivity contribution in [3.63, 3.8) is 0 Å². The highest BCUT2D eigenvalue weighted by Gasteiger charge is 2.25. The van der Waals surface area contributed by atoms with Gasteiger partial charge in [-0.2, -0.15) is 4.98 Å². The molecule has 6 nitrogen and oxygen atoms in total. The van der Waals surface area contributed by atoms with E-state index < -0.39 is 4.92 Å². The van der Waals surface area contributed by atoms with Crippen molar-refractivity contribution in [2.75, 3.05) is 0 Å². The fourth-order valence-corrected chi connectivity index (χ4v) is 3.14. The second kappa shape index (κ2) is 7.72. The molecule has 1 heterocycles. The van der Waals surface area contributed by atoms with Crippen LogP contribution >= 0.6 is 23.4 Å². The molecule has 0 aliphatic rings. The molecule has 0 fully saturated rings. The number of nitro groups is 1. The van der Waals surface area contributed by atoms with Gasteiger partial charge in [0.2, 0.25) is 0 Å². The van der Waals surface area contributed by atoms with Gasteiger partial charge in [0.05, 0.1) is 4.92 Å². The minimum absolute atomic E-state index is 0.0929. The van der Waals surface area contributed by atoms with Crippen LogP contribution in [0.5, 0.6) is 11.6 Å². The average molecular weight is 388 g/mol. The molecule has 2 aromatic carbocycles. The van der Waals surface area contributed by atoms with E-state index in [0.717, 1.165) is 27.8 Å². The highest BCUT2D eigenvalue weighted by atomic mass is 35.5. The van der Waals surface area contributed by atoms with Gasteiger partial charge in [-0.25, -0.2) is 4.98 Å². The van der Waals surface area contributed by atoms with E-state index in [2.05, 4.69) is 9.97 Å². The van der Waals surface area contributed by atoms with Crippen LogP contribution < -0.4 is 4.74 Å². The van der Waals surface area contributed by atoms with E-state index >= 15 is 0 Å². The van der Waals surface area contributed by atoms with E-state index in [1.165, 1.54) is 6.33 Å². The number of hydrogen-bond donors (Lipinski definition) is 0. The zero-order valence-electron chi connectivity index (χ0n) is 14.0. The van der Waals surface area contributed by atoms with Gasteiger partial charge in [-0.05, 0) is 61.4 Å². The van der Waals surface area contributed by atoms with Gasteiger partial charge in [-0.1, -0.05) is 29.4 Å². The summed E-state index contributed by atoms with van der Waals surface area (Å²) >= 11 is 7.02. The van der Waals surface area contributed by atoms with E-state index in [1.807, 2.05) is 26.0 Å². The fourth-order valence-electron chi connectivity index (χ4n) is 2.16. The van der Waals surface area contributed by atoms with Crippen molar-refractivity contribution in [3.05, 3.63) is 75.1 Å². The van der Waals surface area contributed by atoms with Crippen molar-refractivity contribution in [1.82, 2.24) is 9.97 Å². The van der Waals surface area contributed by atoms with E-state index in [-0.39, 0.29) is 16.6 Å². The van der Waals surface area contributed by atoms with Gasteiger partial charge < -0.3 is 4.74 Å². The first-order valence-corrected chi connectivity index (χ1v) is 8.81. The Balaban J connectivity index is 1.96. The predicted octanol–water partition coefficient (Wildman–Crippen LogP) is 5.60. The molecule has 1 aromatic heterocycles. The van der Waals surface area contributed by atoms with Crippen molar-refractivity contribution < 1.29 is 9.66 Å². The lowest BCUT2D eigenvalue weighted by molar-refractivity contribution is -0.389. The van der Waals surface area contributed by atoms with Gasteiger partial charge in [-0.3, -0.25) is 10.1 Å². The van der Waals surface area contributed by atoms with Crippen LogP contribution in [-0.4, -0.2) is 14.9 Å². The molecule has 0 saturated heterocycles. The zero-order valence-corrected chi connectivity index (χ0v) is 15.5. The third kappa shape index (κ3) is 4.12. The maximum Gasteiger partial charge on any atom is 0.363 e. The summed E-state index contributed by atoms with van der Waals surface area (Å²) in [4.78, 5) is 19.9. The van der Waals surface area contributed by atoms with Crippen LogP contribution in [0.3, 0.4) is 0 Å². The third-order valence-corrected chi connectivity index (χ3v) is 4.91. The maximum absolute atomic E-state index is 11.6. The largest absolute Gasteiger partial charge is 0.434 e. The first kappa shape index (κ1) is 18.2. The Kier molecular flexibility index (Phi) is 5.39. The molecule has 0 aliphatic carbocycles. The second-order valence-electron chi connectivity index (χ2n) is 5.49. The van der Waals surface area contributed by atoms with Gasteiger partial charge >= 0.3 is 11.6 Å². The normalized spacial score (nSPS) is 10.6. The van der Waals surface area contributed by atoms with Crippen LogP contribution in [0, 0.1) is 24.0 Å².